The largest absolute Gasteiger partial charge is 0.492 e. The first kappa shape index (κ1) is 21.3. The Hall–Kier alpha value is -3.21. The van der Waals surface area contributed by atoms with E-state index in [1.54, 1.807) is 0 Å². The van der Waals surface area contributed by atoms with Crippen LogP contribution in [0, 0.1) is 0 Å². The number of aromatic nitrogens is 3. The number of fused-ring (bicyclic) bond motifs is 3. The molecule has 2 aromatic rings. The number of hydrogen-bond acceptors (Lipinski definition) is 6. The van der Waals surface area contributed by atoms with Crippen molar-refractivity contribution >= 4 is 23.5 Å². The van der Waals surface area contributed by atoms with Crippen molar-refractivity contribution in [3.8, 4) is 5.88 Å². The van der Waals surface area contributed by atoms with Gasteiger partial charge in [-0.3, -0.25) is 19.0 Å². The smallest absolute Gasteiger partial charge is 0.270 e. The lowest BCUT2D eigenvalue weighted by Crippen LogP contribution is -2.48. The molecule has 2 aliphatic carbocycles. The average Bonchev–Trinajstić information content (AvgIpc) is 3.70. The zero-order chi connectivity index (χ0) is 23.6. The first-order chi connectivity index (χ1) is 16.3. The van der Waals surface area contributed by atoms with Gasteiger partial charge in [-0.1, -0.05) is 0 Å². The predicted octanol–water partition coefficient (Wildman–Crippen LogP) is 0.999. The third-order valence-electron chi connectivity index (χ3n) is 7.18. The minimum absolute atomic E-state index is 0.0241. The van der Waals surface area contributed by atoms with E-state index in [1.165, 1.54) is 18.3 Å². The van der Waals surface area contributed by atoms with Crippen LogP contribution in [0.1, 0.15) is 54.4 Å². The van der Waals surface area contributed by atoms with Crippen molar-refractivity contribution in [3.63, 3.8) is 0 Å². The summed E-state index contributed by atoms with van der Waals surface area (Å²) < 4.78 is 22.5. The summed E-state index contributed by atoms with van der Waals surface area (Å²) in [7, 11) is 0. The number of rotatable bonds is 6. The van der Waals surface area contributed by atoms with Gasteiger partial charge >= 0.3 is 0 Å². The highest BCUT2D eigenvalue weighted by Crippen LogP contribution is 2.41. The molecule has 11 heteroatoms. The van der Waals surface area contributed by atoms with Gasteiger partial charge in [0.25, 0.3) is 11.5 Å². The zero-order valence-electron chi connectivity index (χ0n) is 18.6. The number of hydrogen-bond donors (Lipinski definition) is 2. The Morgan fingerprint density at radius 2 is 1.94 bits per heavy atom. The number of ether oxygens (including phenoxy) is 1. The summed E-state index contributed by atoms with van der Waals surface area (Å²) in [4.78, 5) is 40.7. The number of alkyl halides is 1. The minimum Gasteiger partial charge on any atom is -0.492 e. The molecule has 4 heterocycles. The Kier molecular flexibility index (Phi) is 4.80. The molecule has 6 rings (SSSR count). The van der Waals surface area contributed by atoms with E-state index in [0.29, 0.717) is 31.6 Å². The first-order valence-electron chi connectivity index (χ1n) is 11.8. The van der Waals surface area contributed by atoms with E-state index in [-0.39, 0.29) is 36.2 Å². The first-order valence-corrected chi connectivity index (χ1v) is 11.8. The molecule has 2 bridgehead atoms. The molecule has 34 heavy (non-hydrogen) atoms. The second kappa shape index (κ2) is 7.66. The number of nitrogens with one attached hydrogen (secondary N) is 1. The van der Waals surface area contributed by atoms with Gasteiger partial charge < -0.3 is 20.1 Å². The van der Waals surface area contributed by atoms with Crippen LogP contribution in [0.25, 0.3) is 11.7 Å². The number of morpholine rings is 1. The number of halogens is 1. The van der Waals surface area contributed by atoms with E-state index in [2.05, 4.69) is 10.4 Å². The van der Waals surface area contributed by atoms with Crippen LogP contribution in [0.5, 0.6) is 5.88 Å². The lowest BCUT2D eigenvalue weighted by Gasteiger charge is -2.33. The summed E-state index contributed by atoms with van der Waals surface area (Å²) in [6, 6.07) is 0.0793. The molecule has 180 valence electrons. The molecular formula is C23H26FN5O5. The highest BCUT2D eigenvalue weighted by atomic mass is 19.1. The van der Waals surface area contributed by atoms with Gasteiger partial charge in [-0.05, 0) is 44.6 Å². The van der Waals surface area contributed by atoms with Crippen LogP contribution in [-0.4, -0.2) is 73.0 Å². The van der Waals surface area contributed by atoms with E-state index in [4.69, 9.17) is 4.74 Å². The molecular weight excluding hydrogens is 445 g/mol. The van der Waals surface area contributed by atoms with Crippen LogP contribution in [-0.2, 0) is 16.1 Å². The summed E-state index contributed by atoms with van der Waals surface area (Å²) >= 11 is 0. The van der Waals surface area contributed by atoms with E-state index in [1.807, 2.05) is 4.90 Å². The topological polar surface area (TPSA) is 118 Å². The van der Waals surface area contributed by atoms with Gasteiger partial charge in [-0.2, -0.15) is 9.61 Å². The fraction of sp³-hybridized carbons (Fsp3) is 0.565. The van der Waals surface area contributed by atoms with Crippen molar-refractivity contribution in [2.24, 2.45) is 0 Å². The molecule has 2 N–H and O–H groups in total. The van der Waals surface area contributed by atoms with Crippen molar-refractivity contribution in [3.05, 3.63) is 33.8 Å². The van der Waals surface area contributed by atoms with E-state index >= 15 is 0 Å². The highest BCUT2D eigenvalue weighted by Gasteiger charge is 2.45. The number of carbonyl (C=O) groups is 2. The normalized spacial score (nSPS) is 25.3. The maximum absolute atomic E-state index is 14.8. The second-order valence-electron chi connectivity index (χ2n) is 9.83. The van der Waals surface area contributed by atoms with Crippen LogP contribution in [0.4, 0.5) is 4.39 Å². The Morgan fingerprint density at radius 1 is 1.24 bits per heavy atom. The van der Waals surface area contributed by atoms with E-state index < -0.39 is 28.6 Å². The Balaban J connectivity index is 1.39. The van der Waals surface area contributed by atoms with Gasteiger partial charge in [0, 0.05) is 17.7 Å². The molecule has 4 aliphatic rings. The number of aromatic hydroxyl groups is 1. The van der Waals surface area contributed by atoms with Gasteiger partial charge in [0.05, 0.1) is 38.0 Å². The fourth-order valence-electron chi connectivity index (χ4n) is 4.97. The lowest BCUT2D eigenvalue weighted by atomic mass is 10.2. The number of nitrogens with zero attached hydrogens (tertiary/aromatic N) is 4. The Labute approximate surface area is 194 Å². The number of amides is 2. The number of carbonyl (C=O) groups excluding carboxylic acids is 2. The summed E-state index contributed by atoms with van der Waals surface area (Å²) in [6.45, 7) is 0.780. The molecule has 2 saturated heterocycles. The molecule has 0 spiro atoms. The monoisotopic (exact) mass is 471 g/mol. The average molecular weight is 471 g/mol. The predicted molar refractivity (Wildman–Crippen MR) is 118 cm³/mol. The van der Waals surface area contributed by atoms with Crippen molar-refractivity contribution < 1.29 is 23.8 Å². The van der Waals surface area contributed by atoms with Crippen LogP contribution in [0.15, 0.2) is 17.1 Å². The lowest BCUT2D eigenvalue weighted by molar-refractivity contribution is -0.135. The van der Waals surface area contributed by atoms with Gasteiger partial charge in [-0.15, -0.1) is 0 Å². The maximum Gasteiger partial charge on any atom is 0.270 e. The fourth-order valence-corrected chi connectivity index (χ4v) is 4.97. The van der Waals surface area contributed by atoms with Crippen LogP contribution >= 0.6 is 0 Å². The third kappa shape index (κ3) is 3.58. The summed E-state index contributed by atoms with van der Waals surface area (Å²) in [5.41, 5.74) is -2.26. The standard InChI is InChI=1S/C23H26FN5O5/c24-23(7-8-23)12-27-20-13(1-6-17(30)28-15-4-5-16(28)11-34-10-15)9-25-29(20)22(33)18(21(27)32)19(31)26-14-2-3-14/h1,6,9,14-16,33H,2-5,7-8,10-12H2,(H,26,31). The van der Waals surface area contributed by atoms with Crippen LogP contribution < -0.4 is 10.9 Å². The van der Waals surface area contributed by atoms with Crippen molar-refractivity contribution in [1.82, 2.24) is 24.4 Å². The minimum atomic E-state index is -1.54. The molecule has 4 fully saturated rings. The zero-order valence-corrected chi connectivity index (χ0v) is 18.6. The van der Waals surface area contributed by atoms with E-state index in [0.717, 1.165) is 34.8 Å². The maximum atomic E-state index is 14.8. The van der Waals surface area contributed by atoms with Crippen LogP contribution in [0.3, 0.4) is 0 Å². The van der Waals surface area contributed by atoms with Gasteiger partial charge in [-0.25, -0.2) is 4.39 Å². The highest BCUT2D eigenvalue weighted by molar-refractivity contribution is 5.97. The Bertz CT molecular complexity index is 1260. The van der Waals surface area contributed by atoms with Crippen molar-refractivity contribution in [2.75, 3.05) is 13.2 Å². The Morgan fingerprint density at radius 3 is 2.59 bits per heavy atom. The van der Waals surface area contributed by atoms with Gasteiger partial charge in [0.15, 0.2) is 5.56 Å². The molecule has 2 aliphatic heterocycles. The SMILES string of the molecule is O=C(NC1CC1)c1c(O)n2ncc(C=CC(=O)N3C4CCC3COC4)c2n(CC2(F)CC2)c1=O. The third-order valence-corrected chi connectivity index (χ3v) is 7.18. The van der Waals surface area contributed by atoms with Gasteiger partial charge in [0.2, 0.25) is 11.8 Å². The van der Waals surface area contributed by atoms with E-state index in [9.17, 15) is 23.9 Å². The molecule has 0 aromatic carbocycles. The molecule has 2 saturated carbocycles. The van der Waals surface area contributed by atoms with Crippen molar-refractivity contribution in [1.29, 1.82) is 0 Å². The van der Waals surface area contributed by atoms with Crippen molar-refractivity contribution in [2.45, 2.75) is 68.9 Å². The molecule has 2 atom stereocenters. The summed E-state index contributed by atoms with van der Waals surface area (Å²) in [6.07, 6.45) is 8.38. The quantitative estimate of drug-likeness (QED) is 0.607. The molecule has 10 nitrogen and oxygen atoms in total. The second-order valence-corrected chi connectivity index (χ2v) is 9.83. The van der Waals surface area contributed by atoms with Gasteiger partial charge in [0.1, 0.15) is 11.3 Å². The molecule has 2 amide bonds. The summed E-state index contributed by atoms with van der Waals surface area (Å²) in [5.74, 6) is -1.47. The summed E-state index contributed by atoms with van der Waals surface area (Å²) in [5, 5.41) is 17.6. The molecule has 0 radical (unpaired) electrons. The molecule has 2 unspecified atom stereocenters. The molecule has 2 aromatic heterocycles. The van der Waals surface area contributed by atoms with Crippen LogP contribution in [0.2, 0.25) is 0 Å².